The Balaban J connectivity index is 3.22. The lowest BCUT2D eigenvalue weighted by atomic mass is 10.0. The van der Waals surface area contributed by atoms with Gasteiger partial charge in [-0.3, -0.25) is 0 Å². The van der Waals surface area contributed by atoms with Crippen LogP contribution in [0.4, 0.5) is 18.9 Å². The predicted molar refractivity (Wildman–Crippen MR) is 73.6 cm³/mol. The number of sulfone groups is 1. The van der Waals surface area contributed by atoms with Gasteiger partial charge in [-0.1, -0.05) is 26.0 Å². The molecule has 1 atom stereocenters. The molecule has 1 rings (SSSR count). The molecule has 120 valence electrons. The molecule has 0 amide bonds. The summed E-state index contributed by atoms with van der Waals surface area (Å²) >= 11 is 0. The van der Waals surface area contributed by atoms with Crippen molar-refractivity contribution in [1.82, 2.24) is 0 Å². The molecule has 21 heavy (non-hydrogen) atoms. The number of rotatable bonds is 6. The van der Waals surface area contributed by atoms with E-state index in [1.807, 2.05) is 13.8 Å². The highest BCUT2D eigenvalue weighted by molar-refractivity contribution is 7.92. The van der Waals surface area contributed by atoms with Crippen molar-refractivity contribution >= 4 is 15.5 Å². The fraction of sp³-hybridized carbons (Fsp3) is 0.538. The summed E-state index contributed by atoms with van der Waals surface area (Å²) in [6, 6.07) is 4.56. The normalized spacial score (nSPS) is 14.2. The highest BCUT2D eigenvalue weighted by Gasteiger charge is 2.48. The third-order valence-electron chi connectivity index (χ3n) is 3.07. The van der Waals surface area contributed by atoms with Gasteiger partial charge in [0.1, 0.15) is 0 Å². The molecule has 4 nitrogen and oxygen atoms in total. The average molecular weight is 325 g/mol. The summed E-state index contributed by atoms with van der Waals surface area (Å²) in [6.45, 7) is 3.51. The fourth-order valence-electron chi connectivity index (χ4n) is 1.86. The van der Waals surface area contributed by atoms with Crippen LogP contribution in [0.2, 0.25) is 0 Å². The SMILES string of the molecule is CC(C)C(CCO)Nc1ccccc1S(=O)(=O)C(F)(F)F. The quantitative estimate of drug-likeness (QED) is 0.844. The van der Waals surface area contributed by atoms with Crippen LogP contribution in [0.1, 0.15) is 20.3 Å². The van der Waals surface area contributed by atoms with Crippen LogP contribution in [0, 0.1) is 5.92 Å². The monoisotopic (exact) mass is 325 g/mol. The van der Waals surface area contributed by atoms with Crippen LogP contribution in [0.15, 0.2) is 29.2 Å². The van der Waals surface area contributed by atoms with E-state index in [1.165, 1.54) is 18.2 Å². The number of aliphatic hydroxyl groups excluding tert-OH is 1. The molecular weight excluding hydrogens is 307 g/mol. The maximum absolute atomic E-state index is 12.7. The molecule has 0 fully saturated rings. The zero-order valence-electron chi connectivity index (χ0n) is 11.7. The zero-order chi connectivity index (χ0) is 16.3. The summed E-state index contributed by atoms with van der Waals surface area (Å²) in [4.78, 5) is -0.805. The summed E-state index contributed by atoms with van der Waals surface area (Å²) in [5.41, 5.74) is -5.46. The molecule has 0 saturated heterocycles. The molecule has 0 saturated carbocycles. The number of halogens is 3. The minimum absolute atomic E-state index is 0.0128. The molecule has 0 radical (unpaired) electrons. The molecule has 0 spiro atoms. The number of hydrogen-bond acceptors (Lipinski definition) is 4. The topological polar surface area (TPSA) is 66.4 Å². The van der Waals surface area contributed by atoms with E-state index >= 15 is 0 Å². The smallest absolute Gasteiger partial charge is 0.396 e. The maximum Gasteiger partial charge on any atom is 0.501 e. The van der Waals surface area contributed by atoms with Gasteiger partial charge < -0.3 is 10.4 Å². The first-order chi connectivity index (χ1) is 9.61. The van der Waals surface area contributed by atoms with Crippen LogP contribution in [-0.4, -0.2) is 31.7 Å². The Morgan fingerprint density at radius 3 is 2.29 bits per heavy atom. The first-order valence-electron chi connectivity index (χ1n) is 6.39. The van der Waals surface area contributed by atoms with Crippen LogP contribution >= 0.6 is 0 Å². The van der Waals surface area contributed by atoms with Crippen LogP contribution in [0.25, 0.3) is 0 Å². The zero-order valence-corrected chi connectivity index (χ0v) is 12.5. The minimum atomic E-state index is -5.42. The van der Waals surface area contributed by atoms with E-state index in [1.54, 1.807) is 0 Å². The number of anilines is 1. The Morgan fingerprint density at radius 2 is 1.81 bits per heavy atom. The van der Waals surface area contributed by atoms with Gasteiger partial charge in [-0.25, -0.2) is 8.42 Å². The van der Waals surface area contributed by atoms with Gasteiger partial charge in [0.15, 0.2) is 0 Å². The van der Waals surface area contributed by atoms with E-state index < -0.39 is 20.2 Å². The molecule has 0 aliphatic rings. The van der Waals surface area contributed by atoms with E-state index in [9.17, 15) is 21.6 Å². The van der Waals surface area contributed by atoms with Gasteiger partial charge >= 0.3 is 5.51 Å². The van der Waals surface area contributed by atoms with E-state index in [2.05, 4.69) is 5.32 Å². The average Bonchev–Trinajstić information content (AvgIpc) is 2.37. The Morgan fingerprint density at radius 1 is 1.24 bits per heavy atom. The van der Waals surface area contributed by atoms with E-state index in [-0.39, 0.29) is 24.3 Å². The van der Waals surface area contributed by atoms with Crippen LogP contribution in [0.5, 0.6) is 0 Å². The van der Waals surface area contributed by atoms with Crippen LogP contribution < -0.4 is 5.32 Å². The van der Waals surface area contributed by atoms with Crippen molar-refractivity contribution in [2.24, 2.45) is 5.92 Å². The lowest BCUT2D eigenvalue weighted by molar-refractivity contribution is -0.0435. The highest BCUT2D eigenvalue weighted by atomic mass is 32.2. The first kappa shape index (κ1) is 17.8. The summed E-state index contributed by atoms with van der Waals surface area (Å²) < 4.78 is 61.2. The fourth-order valence-corrected chi connectivity index (χ4v) is 2.78. The summed E-state index contributed by atoms with van der Waals surface area (Å²) in [5, 5.41) is 11.8. The molecular formula is C13H18F3NO3S. The second-order valence-corrected chi connectivity index (χ2v) is 6.86. The molecule has 1 aromatic carbocycles. The number of alkyl halides is 3. The number of para-hydroxylation sites is 1. The number of hydrogen-bond donors (Lipinski definition) is 2. The van der Waals surface area contributed by atoms with Gasteiger partial charge in [0.05, 0.1) is 10.6 Å². The van der Waals surface area contributed by atoms with E-state index in [4.69, 9.17) is 5.11 Å². The Hall–Kier alpha value is -1.28. The van der Waals surface area contributed by atoms with Gasteiger partial charge in [0.2, 0.25) is 0 Å². The van der Waals surface area contributed by atoms with Crippen LogP contribution in [-0.2, 0) is 9.84 Å². The Kier molecular flexibility index (Phi) is 5.63. The summed E-state index contributed by atoms with van der Waals surface area (Å²) in [6.07, 6.45) is 0.304. The molecule has 8 heteroatoms. The van der Waals surface area contributed by atoms with E-state index in [0.717, 1.165) is 6.07 Å². The lowest BCUT2D eigenvalue weighted by Crippen LogP contribution is -2.29. The third kappa shape index (κ3) is 4.10. The molecule has 0 aliphatic heterocycles. The van der Waals surface area contributed by atoms with Gasteiger partial charge in [-0.15, -0.1) is 0 Å². The molecule has 0 bridgehead atoms. The van der Waals surface area contributed by atoms with Crippen molar-refractivity contribution in [3.8, 4) is 0 Å². The van der Waals surface area contributed by atoms with Crippen LogP contribution in [0.3, 0.4) is 0 Å². The van der Waals surface area contributed by atoms with Crippen molar-refractivity contribution in [2.45, 2.75) is 36.7 Å². The third-order valence-corrected chi connectivity index (χ3v) is 4.61. The second-order valence-electron chi connectivity index (χ2n) is 4.95. The van der Waals surface area contributed by atoms with Crippen molar-refractivity contribution < 1.29 is 26.7 Å². The van der Waals surface area contributed by atoms with Gasteiger partial charge in [-0.2, -0.15) is 13.2 Å². The van der Waals surface area contributed by atoms with Gasteiger partial charge in [0.25, 0.3) is 9.84 Å². The number of nitrogens with one attached hydrogen (secondary N) is 1. The van der Waals surface area contributed by atoms with Crippen molar-refractivity contribution in [3.63, 3.8) is 0 Å². The highest BCUT2D eigenvalue weighted by Crippen LogP contribution is 2.34. The number of benzene rings is 1. The Bertz CT molecular complexity index is 570. The molecule has 2 N–H and O–H groups in total. The lowest BCUT2D eigenvalue weighted by Gasteiger charge is -2.24. The Labute approximate surface area is 121 Å². The summed E-state index contributed by atoms with van der Waals surface area (Å²) in [5.74, 6) is 0.0128. The predicted octanol–water partition coefficient (Wildman–Crippen LogP) is 2.80. The molecule has 1 aromatic rings. The second kappa shape index (κ2) is 6.65. The standard InChI is InChI=1S/C13H18F3NO3S/c1-9(2)10(7-8-18)17-11-5-3-4-6-12(11)21(19,20)13(14,15)16/h3-6,9-10,17-18H,7-8H2,1-2H3. The maximum atomic E-state index is 12.7. The van der Waals surface area contributed by atoms with Gasteiger partial charge in [0, 0.05) is 12.6 Å². The molecule has 0 aliphatic carbocycles. The van der Waals surface area contributed by atoms with E-state index in [0.29, 0.717) is 6.42 Å². The van der Waals surface area contributed by atoms with Crippen molar-refractivity contribution in [1.29, 1.82) is 0 Å². The molecule has 0 heterocycles. The number of aliphatic hydroxyl groups is 1. The van der Waals surface area contributed by atoms with Crippen molar-refractivity contribution in [2.75, 3.05) is 11.9 Å². The molecule has 1 unspecified atom stereocenters. The first-order valence-corrected chi connectivity index (χ1v) is 7.87. The minimum Gasteiger partial charge on any atom is -0.396 e. The summed E-state index contributed by atoms with van der Waals surface area (Å²) in [7, 11) is -5.42. The molecule has 0 aromatic heterocycles. The largest absolute Gasteiger partial charge is 0.501 e. The van der Waals surface area contributed by atoms with Crippen molar-refractivity contribution in [3.05, 3.63) is 24.3 Å². The van der Waals surface area contributed by atoms with Gasteiger partial charge in [-0.05, 0) is 24.5 Å².